The summed E-state index contributed by atoms with van der Waals surface area (Å²) in [6.07, 6.45) is -0.0889. The Bertz CT molecular complexity index is 619. The Balaban J connectivity index is 2.68. The van der Waals surface area contributed by atoms with Crippen LogP contribution in [0.1, 0.15) is 34.1 Å². The van der Waals surface area contributed by atoms with Gasteiger partial charge in [-0.05, 0) is 31.6 Å². The molecule has 0 saturated carbocycles. The molecule has 0 spiro atoms. The number of aromatic carboxylic acids is 1. The highest BCUT2D eigenvalue weighted by Gasteiger charge is 2.20. The molecule has 1 rings (SSSR count). The average Bonchev–Trinajstić information content (AvgIpc) is 2.52. The first-order valence-electron chi connectivity index (χ1n) is 6.86. The molecule has 0 bridgehead atoms. The zero-order valence-corrected chi connectivity index (χ0v) is 12.6. The van der Waals surface area contributed by atoms with Crippen LogP contribution in [-0.4, -0.2) is 52.4 Å². The standard InChI is InChI=1S/C16H18O7/c1-10(6-7-17)8-13(18)14(19)9-23-16(22)12-5-3-2-4-11(12)15(20)21/h2-5,8,14,17,19H,6-7,9H2,1H3,(H,20,21). The van der Waals surface area contributed by atoms with Gasteiger partial charge >= 0.3 is 11.9 Å². The van der Waals surface area contributed by atoms with E-state index in [9.17, 15) is 19.5 Å². The first kappa shape index (κ1) is 18.5. The van der Waals surface area contributed by atoms with Crippen molar-refractivity contribution in [2.45, 2.75) is 19.4 Å². The van der Waals surface area contributed by atoms with Gasteiger partial charge in [-0.2, -0.15) is 0 Å². The highest BCUT2D eigenvalue weighted by atomic mass is 16.5. The predicted molar refractivity (Wildman–Crippen MR) is 80.2 cm³/mol. The maximum absolute atomic E-state index is 11.9. The van der Waals surface area contributed by atoms with Gasteiger partial charge < -0.3 is 20.1 Å². The van der Waals surface area contributed by atoms with Gasteiger partial charge in [0.25, 0.3) is 0 Å². The number of hydrogen-bond acceptors (Lipinski definition) is 6. The summed E-state index contributed by atoms with van der Waals surface area (Å²) in [5.41, 5.74) is 0.197. The lowest BCUT2D eigenvalue weighted by Gasteiger charge is -2.10. The van der Waals surface area contributed by atoms with Crippen molar-refractivity contribution >= 4 is 17.7 Å². The number of hydrogen-bond donors (Lipinski definition) is 3. The first-order valence-corrected chi connectivity index (χ1v) is 6.86. The number of carbonyl (C=O) groups is 3. The number of esters is 1. The molecule has 0 saturated heterocycles. The minimum atomic E-state index is -1.55. The monoisotopic (exact) mass is 322 g/mol. The minimum Gasteiger partial charge on any atom is -0.478 e. The van der Waals surface area contributed by atoms with Crippen LogP contribution in [0.4, 0.5) is 0 Å². The zero-order valence-electron chi connectivity index (χ0n) is 12.6. The van der Waals surface area contributed by atoms with Crippen molar-refractivity contribution in [2.24, 2.45) is 0 Å². The molecule has 1 atom stereocenters. The van der Waals surface area contributed by atoms with Crippen LogP contribution in [0.15, 0.2) is 35.9 Å². The number of ether oxygens (including phenoxy) is 1. The third-order valence-electron chi connectivity index (χ3n) is 2.97. The Labute approximate surface area is 132 Å². The van der Waals surface area contributed by atoms with Gasteiger partial charge in [0.1, 0.15) is 6.61 Å². The van der Waals surface area contributed by atoms with E-state index in [1.165, 1.54) is 30.3 Å². The molecule has 1 unspecified atom stereocenters. The highest BCUT2D eigenvalue weighted by Crippen LogP contribution is 2.11. The molecule has 23 heavy (non-hydrogen) atoms. The Kier molecular flexibility index (Phi) is 7.11. The van der Waals surface area contributed by atoms with Crippen LogP contribution in [0.3, 0.4) is 0 Å². The van der Waals surface area contributed by atoms with Gasteiger partial charge in [-0.1, -0.05) is 17.7 Å². The molecule has 0 fully saturated rings. The van der Waals surface area contributed by atoms with Crippen molar-refractivity contribution in [3.8, 4) is 0 Å². The van der Waals surface area contributed by atoms with Crippen LogP contribution in [0.25, 0.3) is 0 Å². The van der Waals surface area contributed by atoms with Gasteiger partial charge in [0.2, 0.25) is 0 Å². The predicted octanol–water partition coefficient (Wildman–Crippen LogP) is 0.800. The van der Waals surface area contributed by atoms with E-state index >= 15 is 0 Å². The fraction of sp³-hybridized carbons (Fsp3) is 0.312. The van der Waals surface area contributed by atoms with Gasteiger partial charge in [0.05, 0.1) is 11.1 Å². The molecule has 3 N–H and O–H groups in total. The fourth-order valence-electron chi connectivity index (χ4n) is 1.75. The molecule has 0 aromatic heterocycles. The van der Waals surface area contributed by atoms with Crippen molar-refractivity contribution in [1.82, 2.24) is 0 Å². The average molecular weight is 322 g/mol. The van der Waals surface area contributed by atoms with Gasteiger partial charge in [-0.3, -0.25) is 4.79 Å². The summed E-state index contributed by atoms with van der Waals surface area (Å²) in [6.45, 7) is 0.914. The van der Waals surface area contributed by atoms with Crippen LogP contribution in [0.5, 0.6) is 0 Å². The van der Waals surface area contributed by atoms with Gasteiger partial charge in [-0.15, -0.1) is 0 Å². The second-order valence-electron chi connectivity index (χ2n) is 4.83. The van der Waals surface area contributed by atoms with Crippen LogP contribution in [-0.2, 0) is 9.53 Å². The van der Waals surface area contributed by atoms with Crippen LogP contribution in [0.2, 0.25) is 0 Å². The van der Waals surface area contributed by atoms with Crippen LogP contribution >= 0.6 is 0 Å². The summed E-state index contributed by atoms with van der Waals surface area (Å²) in [7, 11) is 0. The van der Waals surface area contributed by atoms with Crippen LogP contribution in [0, 0.1) is 0 Å². The van der Waals surface area contributed by atoms with E-state index in [0.29, 0.717) is 12.0 Å². The minimum absolute atomic E-state index is 0.118. The molecule has 0 aliphatic carbocycles. The van der Waals surface area contributed by atoms with Gasteiger partial charge in [0.15, 0.2) is 11.9 Å². The van der Waals surface area contributed by atoms with E-state index in [-0.39, 0.29) is 17.7 Å². The molecule has 7 nitrogen and oxygen atoms in total. The van der Waals surface area contributed by atoms with Gasteiger partial charge in [0, 0.05) is 6.61 Å². The summed E-state index contributed by atoms with van der Waals surface area (Å²) in [4.78, 5) is 34.5. The maximum atomic E-state index is 11.9. The highest BCUT2D eigenvalue weighted by molar-refractivity contribution is 6.02. The SMILES string of the molecule is CC(=CC(=O)C(O)COC(=O)c1ccccc1C(=O)O)CCO. The van der Waals surface area contributed by atoms with E-state index in [4.69, 9.17) is 14.9 Å². The second-order valence-corrected chi connectivity index (χ2v) is 4.83. The lowest BCUT2D eigenvalue weighted by molar-refractivity contribution is -0.124. The van der Waals surface area contributed by atoms with Gasteiger partial charge in [-0.25, -0.2) is 9.59 Å². The number of benzene rings is 1. The largest absolute Gasteiger partial charge is 0.478 e. The lowest BCUT2D eigenvalue weighted by atomic mass is 10.1. The van der Waals surface area contributed by atoms with E-state index < -0.39 is 30.4 Å². The van der Waals surface area contributed by atoms with Crippen molar-refractivity contribution in [3.63, 3.8) is 0 Å². The summed E-state index contributed by atoms with van der Waals surface area (Å²) >= 11 is 0. The molecule has 0 radical (unpaired) electrons. The number of carbonyl (C=O) groups excluding carboxylic acids is 2. The van der Waals surface area contributed by atoms with Crippen molar-refractivity contribution < 1.29 is 34.4 Å². The molecule has 1 aromatic rings. The molecule has 0 aliphatic heterocycles. The molecule has 124 valence electrons. The first-order chi connectivity index (χ1) is 10.9. The summed E-state index contributed by atoms with van der Waals surface area (Å²) in [5, 5.41) is 27.4. The molecular formula is C16H18O7. The quantitative estimate of drug-likeness (QED) is 0.478. The Morgan fingerprint density at radius 1 is 1.22 bits per heavy atom. The molecule has 7 heteroatoms. The second kappa shape index (κ2) is 8.82. The topological polar surface area (TPSA) is 121 Å². The number of aliphatic hydroxyl groups is 2. The van der Waals surface area contributed by atoms with Crippen molar-refractivity contribution in [3.05, 3.63) is 47.0 Å². The van der Waals surface area contributed by atoms with Crippen molar-refractivity contribution in [1.29, 1.82) is 0 Å². The normalized spacial score (nSPS) is 12.6. The summed E-state index contributed by atoms with van der Waals surface area (Å²) in [5.74, 6) is -2.88. The van der Waals surface area contributed by atoms with E-state index in [1.54, 1.807) is 6.92 Å². The smallest absolute Gasteiger partial charge is 0.339 e. The summed E-state index contributed by atoms with van der Waals surface area (Å²) < 4.78 is 4.79. The number of carboxylic acids is 1. The zero-order chi connectivity index (χ0) is 17.4. The molecule has 0 heterocycles. The number of rotatable bonds is 8. The van der Waals surface area contributed by atoms with E-state index in [2.05, 4.69) is 0 Å². The molecular weight excluding hydrogens is 304 g/mol. The van der Waals surface area contributed by atoms with E-state index in [0.717, 1.165) is 0 Å². The third-order valence-corrected chi connectivity index (χ3v) is 2.97. The molecule has 1 aromatic carbocycles. The van der Waals surface area contributed by atoms with Crippen molar-refractivity contribution in [2.75, 3.05) is 13.2 Å². The lowest BCUT2D eigenvalue weighted by Crippen LogP contribution is -2.27. The number of ketones is 1. The summed E-state index contributed by atoms with van der Waals surface area (Å²) in [6, 6.07) is 5.48. The Hall–Kier alpha value is -2.51. The fourth-order valence-corrected chi connectivity index (χ4v) is 1.75. The van der Waals surface area contributed by atoms with Crippen LogP contribution < -0.4 is 0 Å². The number of carboxylic acid groups (broad SMARTS) is 1. The van der Waals surface area contributed by atoms with E-state index in [1.807, 2.05) is 0 Å². The molecule has 0 aliphatic rings. The number of aliphatic hydroxyl groups excluding tert-OH is 2. The molecule has 0 amide bonds. The third kappa shape index (κ3) is 5.65. The Morgan fingerprint density at radius 3 is 2.39 bits per heavy atom. The Morgan fingerprint density at radius 2 is 1.83 bits per heavy atom. The maximum Gasteiger partial charge on any atom is 0.339 e.